The van der Waals surface area contributed by atoms with Crippen LogP contribution in [0.5, 0.6) is 5.75 Å². The van der Waals surface area contributed by atoms with Crippen LogP contribution in [0.15, 0.2) is 18.2 Å². The highest BCUT2D eigenvalue weighted by atomic mass is 31.8. The van der Waals surface area contributed by atoms with Gasteiger partial charge in [0.1, 0.15) is 5.75 Å². The van der Waals surface area contributed by atoms with Gasteiger partial charge in [0.2, 0.25) is 0 Å². The highest BCUT2D eigenvalue weighted by Gasteiger charge is 2.14. The van der Waals surface area contributed by atoms with Crippen LogP contribution in [0.3, 0.4) is 0 Å². The van der Waals surface area contributed by atoms with E-state index in [2.05, 4.69) is 23.5 Å². The van der Waals surface area contributed by atoms with Crippen LogP contribution in [0.2, 0.25) is 0 Å². The molecule has 1 aromatic rings. The average molecular weight is 197 g/mol. The van der Waals surface area contributed by atoms with Gasteiger partial charge in [-0.15, -0.1) is 0 Å². The van der Waals surface area contributed by atoms with Crippen LogP contribution in [0.4, 0.5) is 5.69 Å². The first kappa shape index (κ1) is 8.04. The molecule has 1 aliphatic rings. The maximum atomic E-state index is 5.15. The van der Waals surface area contributed by atoms with E-state index in [1.165, 1.54) is 27.3 Å². The molecule has 1 aliphatic heterocycles. The third-order valence-corrected chi connectivity index (χ3v) is 3.67. The maximum Gasteiger partial charge on any atom is 0.120 e. The molecule has 1 aromatic carbocycles. The van der Waals surface area contributed by atoms with Crippen molar-refractivity contribution in [2.24, 2.45) is 0 Å². The summed E-state index contributed by atoms with van der Waals surface area (Å²) < 4.78 is 7.43. The normalized spacial score (nSPS) is 16.0. The zero-order valence-corrected chi connectivity index (χ0v) is 8.77. The summed E-state index contributed by atoms with van der Waals surface area (Å²) >= 11 is 0. The molecule has 2 rings (SSSR count). The van der Waals surface area contributed by atoms with Crippen molar-refractivity contribution in [2.45, 2.75) is 6.92 Å². The van der Waals surface area contributed by atoms with Crippen molar-refractivity contribution in [1.29, 1.82) is 0 Å². The summed E-state index contributed by atoms with van der Waals surface area (Å²) in [6.07, 6.45) is 0. The Kier molecular flexibility index (Phi) is 2.04. The molecule has 0 radical (unpaired) electrons. The monoisotopic (exact) mass is 197 g/mol. The van der Waals surface area contributed by atoms with Gasteiger partial charge >= 0.3 is 0 Å². The number of hydrogen-bond acceptors (Lipinski definition) is 2. The van der Waals surface area contributed by atoms with Crippen molar-refractivity contribution >= 4 is 21.7 Å². The number of hydrogen-bond donors (Lipinski definition) is 0. The standard InChI is InChI=1S/C8H9NOP2/c1-6-3-4-7(10-2)5-8(6)9-11-12-9/h3-5H,1-2H3. The fourth-order valence-electron chi connectivity index (χ4n) is 1.05. The molecule has 0 amide bonds. The fraction of sp³-hybridized carbons (Fsp3) is 0.250. The van der Waals surface area contributed by atoms with E-state index in [1.807, 2.05) is 6.07 Å². The van der Waals surface area contributed by atoms with Gasteiger partial charge in [-0.2, -0.15) is 0 Å². The van der Waals surface area contributed by atoms with Gasteiger partial charge in [0, 0.05) is 6.07 Å². The summed E-state index contributed by atoms with van der Waals surface area (Å²) in [6, 6.07) is 6.18. The van der Waals surface area contributed by atoms with Crippen molar-refractivity contribution in [1.82, 2.24) is 0 Å². The van der Waals surface area contributed by atoms with Crippen LogP contribution in [-0.2, 0) is 0 Å². The van der Waals surface area contributed by atoms with E-state index in [1.54, 1.807) is 7.11 Å². The molecular weight excluding hydrogens is 188 g/mol. The summed E-state index contributed by atoms with van der Waals surface area (Å²) in [5, 5.41) is 0. The molecule has 0 aliphatic carbocycles. The highest BCUT2D eigenvalue weighted by molar-refractivity contribution is 8.03. The van der Waals surface area contributed by atoms with Gasteiger partial charge in [-0.25, -0.2) is 0 Å². The van der Waals surface area contributed by atoms with Crippen molar-refractivity contribution in [3.8, 4) is 5.75 Å². The Labute approximate surface area is 75.1 Å². The van der Waals surface area contributed by atoms with Crippen LogP contribution in [0.25, 0.3) is 0 Å². The predicted octanol–water partition coefficient (Wildman–Crippen LogP) is 3.46. The first-order valence-electron chi connectivity index (χ1n) is 3.67. The SMILES string of the molecule is COc1ccc(C)c(N2P=P2)c1. The molecule has 4 heteroatoms. The minimum atomic E-state index is 0.938. The van der Waals surface area contributed by atoms with E-state index in [0.717, 1.165) is 5.75 Å². The van der Waals surface area contributed by atoms with Gasteiger partial charge in [0.05, 0.1) is 28.8 Å². The first-order valence-corrected chi connectivity index (χ1v) is 6.07. The Hall–Kier alpha value is -0.580. The van der Waals surface area contributed by atoms with E-state index >= 15 is 0 Å². The second-order valence-corrected chi connectivity index (χ2v) is 5.17. The molecule has 2 nitrogen and oxygen atoms in total. The summed E-state index contributed by atoms with van der Waals surface area (Å²) in [5.74, 6) is 0.938. The van der Waals surface area contributed by atoms with Crippen LogP contribution in [-0.4, -0.2) is 7.11 Å². The van der Waals surface area contributed by atoms with Crippen LogP contribution in [0.1, 0.15) is 5.56 Å². The fourth-order valence-corrected chi connectivity index (χ4v) is 2.41. The molecule has 62 valence electrons. The van der Waals surface area contributed by atoms with E-state index < -0.39 is 0 Å². The van der Waals surface area contributed by atoms with Gasteiger partial charge in [-0.1, -0.05) is 6.07 Å². The number of methoxy groups -OCH3 is 1. The van der Waals surface area contributed by atoms with Crippen molar-refractivity contribution < 1.29 is 4.74 Å². The van der Waals surface area contributed by atoms with Crippen LogP contribution < -0.4 is 9.18 Å². The number of ether oxygens (including phenoxy) is 1. The maximum absolute atomic E-state index is 5.15. The number of nitrogens with zero attached hydrogens (tertiary/aromatic N) is 1. The quantitative estimate of drug-likeness (QED) is 0.673. The molecule has 0 saturated heterocycles. The average Bonchev–Trinajstić information content (AvgIpc) is 2.88. The molecule has 0 aromatic heterocycles. The largest absolute Gasteiger partial charge is 0.497 e. The van der Waals surface area contributed by atoms with Gasteiger partial charge in [0.15, 0.2) is 0 Å². The molecule has 1 heterocycles. The van der Waals surface area contributed by atoms with E-state index in [0.29, 0.717) is 0 Å². The lowest BCUT2D eigenvalue weighted by Gasteiger charge is -2.07. The van der Waals surface area contributed by atoms with Crippen molar-refractivity contribution in [3.63, 3.8) is 0 Å². The molecular formula is C8H9NOP2. The molecule has 12 heavy (non-hydrogen) atoms. The minimum absolute atomic E-state index is 0.938. The molecule has 0 N–H and O–H groups in total. The van der Waals surface area contributed by atoms with Gasteiger partial charge in [-0.3, -0.25) is 4.44 Å². The highest BCUT2D eigenvalue weighted by Crippen LogP contribution is 2.51. The second-order valence-electron chi connectivity index (χ2n) is 2.62. The zero-order valence-electron chi connectivity index (χ0n) is 6.98. The lowest BCUT2D eigenvalue weighted by Crippen LogP contribution is -1.90. The molecule has 0 atom stereocenters. The van der Waals surface area contributed by atoms with E-state index in [9.17, 15) is 0 Å². The molecule has 0 spiro atoms. The Morgan fingerprint density at radius 1 is 1.33 bits per heavy atom. The number of rotatable bonds is 2. The van der Waals surface area contributed by atoms with Crippen LogP contribution in [0, 0.1) is 6.92 Å². The molecule has 0 bridgehead atoms. The Balaban J connectivity index is 2.36. The molecule has 0 saturated carbocycles. The molecule has 0 fully saturated rings. The lowest BCUT2D eigenvalue weighted by atomic mass is 10.2. The second kappa shape index (κ2) is 3.05. The first-order chi connectivity index (χ1) is 5.81. The number of aryl methyl sites for hydroxylation is 1. The number of benzene rings is 1. The Morgan fingerprint density at radius 3 is 2.67 bits per heavy atom. The van der Waals surface area contributed by atoms with E-state index in [4.69, 9.17) is 4.74 Å². The third-order valence-electron chi connectivity index (χ3n) is 1.81. The van der Waals surface area contributed by atoms with Gasteiger partial charge < -0.3 is 4.74 Å². The lowest BCUT2D eigenvalue weighted by molar-refractivity contribution is 0.415. The summed E-state index contributed by atoms with van der Waals surface area (Å²) in [6.45, 7) is 2.12. The Bertz CT molecular complexity index is 332. The van der Waals surface area contributed by atoms with Crippen molar-refractivity contribution in [3.05, 3.63) is 23.8 Å². The van der Waals surface area contributed by atoms with Crippen LogP contribution >= 0.6 is 16.0 Å². The van der Waals surface area contributed by atoms with E-state index in [-0.39, 0.29) is 0 Å². The van der Waals surface area contributed by atoms with Gasteiger partial charge in [-0.05, 0) is 18.6 Å². The van der Waals surface area contributed by atoms with Gasteiger partial charge in [0.25, 0.3) is 0 Å². The summed E-state index contributed by atoms with van der Waals surface area (Å²) in [5.41, 5.74) is 2.60. The summed E-state index contributed by atoms with van der Waals surface area (Å²) in [4.78, 5) is 0. The third kappa shape index (κ3) is 1.46. The van der Waals surface area contributed by atoms with Crippen molar-refractivity contribution in [2.75, 3.05) is 11.6 Å². The predicted molar refractivity (Wildman–Crippen MR) is 54.1 cm³/mol. The summed E-state index contributed by atoms with van der Waals surface area (Å²) in [7, 11) is 4.45. The zero-order chi connectivity index (χ0) is 8.55. The minimum Gasteiger partial charge on any atom is -0.497 e. The molecule has 0 unspecified atom stereocenters. The topological polar surface area (TPSA) is 12.2 Å². The Morgan fingerprint density at radius 2 is 2.08 bits per heavy atom. The smallest absolute Gasteiger partial charge is 0.120 e. The number of anilines is 1.